The molecule has 234 valence electrons. The van der Waals surface area contributed by atoms with Crippen molar-refractivity contribution in [2.75, 3.05) is 14.2 Å². The zero-order valence-corrected chi connectivity index (χ0v) is 27.0. The minimum Gasteiger partial charge on any atom is -0.497 e. The molecule has 0 fully saturated rings. The van der Waals surface area contributed by atoms with Gasteiger partial charge in [-0.3, -0.25) is 0 Å². The van der Waals surface area contributed by atoms with Crippen LogP contribution in [0.1, 0.15) is 0 Å². The van der Waals surface area contributed by atoms with Crippen molar-refractivity contribution in [2.24, 2.45) is 0 Å². The van der Waals surface area contributed by atoms with Crippen molar-refractivity contribution in [3.63, 3.8) is 0 Å². The molecular formula is C44H30N2O3. The van der Waals surface area contributed by atoms with Crippen molar-refractivity contribution < 1.29 is 13.9 Å². The molecule has 0 radical (unpaired) electrons. The van der Waals surface area contributed by atoms with Crippen LogP contribution in [0.15, 0.2) is 150 Å². The fraction of sp³-hybridized carbons (Fsp3) is 0.0455. The van der Waals surface area contributed by atoms with E-state index in [1.807, 2.05) is 24.3 Å². The second-order valence-corrected chi connectivity index (χ2v) is 12.5. The van der Waals surface area contributed by atoms with Gasteiger partial charge in [-0.2, -0.15) is 0 Å². The number of fused-ring (bicyclic) bond motifs is 9. The van der Waals surface area contributed by atoms with Gasteiger partial charge in [-0.15, -0.1) is 0 Å². The quantitative estimate of drug-likeness (QED) is 0.189. The lowest BCUT2D eigenvalue weighted by molar-refractivity contribution is 0.415. The molecule has 3 heterocycles. The fourth-order valence-corrected chi connectivity index (χ4v) is 7.64. The molecule has 10 aromatic rings. The van der Waals surface area contributed by atoms with Crippen molar-refractivity contribution in [3.05, 3.63) is 146 Å². The Morgan fingerprint density at radius 1 is 0.429 bits per heavy atom. The summed E-state index contributed by atoms with van der Waals surface area (Å²) in [5, 5.41) is 6.82. The van der Waals surface area contributed by atoms with Gasteiger partial charge in [-0.1, -0.05) is 66.7 Å². The minimum absolute atomic E-state index is 0.827. The van der Waals surface area contributed by atoms with Crippen molar-refractivity contribution >= 4 is 65.6 Å². The minimum atomic E-state index is 0.827. The summed E-state index contributed by atoms with van der Waals surface area (Å²) in [6.45, 7) is 0. The molecule has 7 aromatic carbocycles. The molecule has 0 saturated heterocycles. The normalized spacial score (nSPS) is 11.9. The Hall–Kier alpha value is -6.46. The molecule has 3 aromatic heterocycles. The Bertz CT molecular complexity index is 2910. The van der Waals surface area contributed by atoms with Crippen LogP contribution in [0.25, 0.3) is 88.1 Å². The first-order chi connectivity index (χ1) is 24.2. The lowest BCUT2D eigenvalue weighted by atomic mass is 10.0. The highest BCUT2D eigenvalue weighted by Crippen LogP contribution is 2.41. The highest BCUT2D eigenvalue weighted by molar-refractivity contribution is 6.14. The number of methoxy groups -OCH3 is 2. The molecular weight excluding hydrogens is 604 g/mol. The van der Waals surface area contributed by atoms with Crippen molar-refractivity contribution in [3.8, 4) is 34.0 Å². The van der Waals surface area contributed by atoms with E-state index in [-0.39, 0.29) is 0 Å². The molecule has 0 atom stereocenters. The highest BCUT2D eigenvalue weighted by atomic mass is 16.5. The van der Waals surface area contributed by atoms with E-state index in [0.29, 0.717) is 0 Å². The standard InChI is InChI=1S/C44H30N2O3/c1-47-30-18-22-40-36(25-30)32-19-15-28(24-42(32)46(40)41-13-8-12-34-33-11-6-7-14-43(33)49-44(34)41)27-16-20-38-35(23-27)37-26-31(48-2)17-21-39(37)45(38)29-9-4-3-5-10-29/h3-26H,1-2H3. The predicted molar refractivity (Wildman–Crippen MR) is 201 cm³/mol. The number of furan rings is 1. The van der Waals surface area contributed by atoms with E-state index in [4.69, 9.17) is 13.9 Å². The van der Waals surface area contributed by atoms with E-state index in [1.165, 1.54) is 5.39 Å². The van der Waals surface area contributed by atoms with E-state index in [9.17, 15) is 0 Å². The number of rotatable bonds is 5. The Morgan fingerprint density at radius 3 is 1.82 bits per heavy atom. The topological polar surface area (TPSA) is 41.5 Å². The third-order valence-corrected chi connectivity index (χ3v) is 9.92. The molecule has 0 unspecified atom stereocenters. The summed E-state index contributed by atoms with van der Waals surface area (Å²) in [6, 6.07) is 51.4. The van der Waals surface area contributed by atoms with Crippen molar-refractivity contribution in [1.82, 2.24) is 9.13 Å². The molecule has 0 aliphatic heterocycles. The van der Waals surface area contributed by atoms with Crippen LogP contribution in [-0.2, 0) is 0 Å². The van der Waals surface area contributed by atoms with E-state index < -0.39 is 0 Å². The van der Waals surface area contributed by atoms with E-state index >= 15 is 0 Å². The van der Waals surface area contributed by atoms with Crippen molar-refractivity contribution in [1.29, 1.82) is 0 Å². The predicted octanol–water partition coefficient (Wildman–Crippen LogP) is 11.5. The summed E-state index contributed by atoms with van der Waals surface area (Å²) in [5.74, 6) is 1.67. The van der Waals surface area contributed by atoms with Gasteiger partial charge in [-0.25, -0.2) is 0 Å². The molecule has 5 nitrogen and oxygen atoms in total. The van der Waals surface area contributed by atoms with Gasteiger partial charge < -0.3 is 23.0 Å². The van der Waals surface area contributed by atoms with Gasteiger partial charge in [0.1, 0.15) is 17.1 Å². The molecule has 0 spiro atoms. The molecule has 0 N–H and O–H groups in total. The summed E-state index contributed by atoms with van der Waals surface area (Å²) < 4.78 is 22.6. The first kappa shape index (κ1) is 27.6. The molecule has 0 aliphatic carbocycles. The Morgan fingerprint density at radius 2 is 1.04 bits per heavy atom. The molecule has 0 bridgehead atoms. The number of nitrogens with zero attached hydrogens (tertiary/aromatic N) is 2. The number of hydrogen-bond donors (Lipinski definition) is 0. The summed E-state index contributed by atoms with van der Waals surface area (Å²) in [7, 11) is 3.44. The van der Waals surface area contributed by atoms with Gasteiger partial charge in [0.05, 0.1) is 42.0 Å². The van der Waals surface area contributed by atoms with Crippen LogP contribution < -0.4 is 9.47 Å². The fourth-order valence-electron chi connectivity index (χ4n) is 7.64. The number of aromatic nitrogens is 2. The van der Waals surface area contributed by atoms with E-state index in [2.05, 4.69) is 130 Å². The first-order valence-electron chi connectivity index (χ1n) is 16.4. The van der Waals surface area contributed by atoms with Crippen LogP contribution in [0.4, 0.5) is 0 Å². The largest absolute Gasteiger partial charge is 0.497 e. The number of hydrogen-bond acceptors (Lipinski definition) is 3. The number of benzene rings is 7. The second kappa shape index (κ2) is 10.5. The highest BCUT2D eigenvalue weighted by Gasteiger charge is 2.20. The second-order valence-electron chi connectivity index (χ2n) is 12.5. The van der Waals surface area contributed by atoms with Crippen LogP contribution >= 0.6 is 0 Å². The summed E-state index contributed by atoms with van der Waals surface area (Å²) >= 11 is 0. The Balaban J connectivity index is 1.24. The number of ether oxygens (including phenoxy) is 2. The summed E-state index contributed by atoms with van der Waals surface area (Å²) in [5.41, 5.74) is 10.6. The van der Waals surface area contributed by atoms with Crippen LogP contribution in [0.2, 0.25) is 0 Å². The van der Waals surface area contributed by atoms with Crippen molar-refractivity contribution in [2.45, 2.75) is 0 Å². The zero-order valence-electron chi connectivity index (χ0n) is 27.0. The van der Waals surface area contributed by atoms with Gasteiger partial charge in [0.25, 0.3) is 0 Å². The van der Waals surface area contributed by atoms with Gasteiger partial charge in [0.2, 0.25) is 0 Å². The molecule has 0 aliphatic rings. The average molecular weight is 635 g/mol. The van der Waals surface area contributed by atoms with Gasteiger partial charge in [-0.05, 0) is 90.0 Å². The molecule has 0 saturated carbocycles. The van der Waals surface area contributed by atoms with Crippen LogP contribution in [0, 0.1) is 0 Å². The Labute approximate surface area is 281 Å². The summed E-state index contributed by atoms with van der Waals surface area (Å²) in [6.07, 6.45) is 0. The monoisotopic (exact) mass is 634 g/mol. The molecule has 0 amide bonds. The third kappa shape index (κ3) is 4.06. The zero-order chi connectivity index (χ0) is 32.6. The molecule has 49 heavy (non-hydrogen) atoms. The lowest BCUT2D eigenvalue weighted by Crippen LogP contribution is -1.95. The Kier molecular flexibility index (Phi) is 5.94. The van der Waals surface area contributed by atoms with Crippen LogP contribution in [-0.4, -0.2) is 23.4 Å². The maximum Gasteiger partial charge on any atom is 0.159 e. The van der Waals surface area contributed by atoms with Gasteiger partial charge in [0, 0.05) is 38.0 Å². The maximum absolute atomic E-state index is 6.55. The van der Waals surface area contributed by atoms with Crippen LogP contribution in [0.3, 0.4) is 0 Å². The summed E-state index contributed by atoms with van der Waals surface area (Å²) in [4.78, 5) is 0. The smallest absolute Gasteiger partial charge is 0.159 e. The first-order valence-corrected chi connectivity index (χ1v) is 16.4. The van der Waals surface area contributed by atoms with Gasteiger partial charge in [0.15, 0.2) is 5.58 Å². The third-order valence-electron chi connectivity index (χ3n) is 9.92. The van der Waals surface area contributed by atoms with E-state index in [1.54, 1.807) is 14.2 Å². The van der Waals surface area contributed by atoms with E-state index in [0.717, 1.165) is 94.2 Å². The SMILES string of the molecule is COc1ccc2c(c1)c1cc(-c3ccc4c5cc(OC)ccc5n(-c5cccc6c5oc5ccccc56)c4c3)ccc1n2-c1ccccc1. The van der Waals surface area contributed by atoms with Gasteiger partial charge >= 0.3 is 0 Å². The maximum atomic E-state index is 6.55. The average Bonchev–Trinajstić information content (AvgIpc) is 3.81. The molecule has 5 heteroatoms. The number of para-hydroxylation sites is 3. The lowest BCUT2D eigenvalue weighted by Gasteiger charge is -2.10. The molecule has 10 rings (SSSR count). The van der Waals surface area contributed by atoms with Crippen LogP contribution in [0.5, 0.6) is 11.5 Å².